The van der Waals surface area contributed by atoms with Crippen LogP contribution in [-0.4, -0.2) is 34.6 Å². The third-order valence-electron chi connectivity index (χ3n) is 2.43. The Morgan fingerprint density at radius 2 is 1.72 bits per heavy atom. The average Bonchev–Trinajstić information content (AvgIpc) is 2.13. The average molecular weight is 291 g/mol. The van der Waals surface area contributed by atoms with Crippen molar-refractivity contribution < 1.29 is 16.8 Å². The lowest BCUT2D eigenvalue weighted by molar-refractivity contribution is 0.592. The van der Waals surface area contributed by atoms with E-state index in [0.29, 0.717) is 0 Å². The molecule has 1 aromatic carbocycles. The molecule has 0 spiro atoms. The number of benzene rings is 1. The minimum Gasteiger partial charge on any atom is -0.398 e. The van der Waals surface area contributed by atoms with E-state index in [9.17, 15) is 16.8 Å². The Kier molecular flexibility index (Phi) is 4.39. The van der Waals surface area contributed by atoms with Gasteiger partial charge in [-0.25, -0.2) is 16.8 Å². The normalized spacial score (nSPS) is 12.6. The summed E-state index contributed by atoms with van der Waals surface area (Å²) in [6.45, 7) is 1.82. The van der Waals surface area contributed by atoms with Gasteiger partial charge in [0.05, 0.1) is 22.1 Å². The number of aryl methyl sites for hydroxylation is 1. The molecule has 5 nitrogen and oxygen atoms in total. The van der Waals surface area contributed by atoms with Crippen molar-refractivity contribution in [2.45, 2.75) is 18.2 Å². The maximum atomic E-state index is 12.0. The van der Waals surface area contributed by atoms with Crippen molar-refractivity contribution >= 4 is 25.4 Å². The number of nitrogens with two attached hydrogens (primary N) is 1. The smallest absolute Gasteiger partial charge is 0.180 e. The molecule has 0 aliphatic heterocycles. The standard InChI is InChI=1S/C11H17NO4S2/c1-9-4-5-11(10(12)8-9)18(15,16)7-3-6-17(2,13)14/h4-5,8H,3,6-7,12H2,1-2H3. The molecular formula is C11H17NO4S2. The van der Waals surface area contributed by atoms with E-state index in [-0.39, 0.29) is 28.5 Å². The molecule has 0 aliphatic rings. The van der Waals surface area contributed by atoms with E-state index in [0.717, 1.165) is 11.8 Å². The number of nitrogen functional groups attached to an aromatic ring is 1. The Morgan fingerprint density at radius 1 is 1.11 bits per heavy atom. The predicted molar refractivity (Wildman–Crippen MR) is 72.0 cm³/mol. The number of rotatable bonds is 5. The summed E-state index contributed by atoms with van der Waals surface area (Å²) < 4.78 is 45.8. The Labute approximate surface area is 108 Å². The van der Waals surface area contributed by atoms with Gasteiger partial charge >= 0.3 is 0 Å². The summed E-state index contributed by atoms with van der Waals surface area (Å²) >= 11 is 0. The lowest BCUT2D eigenvalue weighted by Gasteiger charge is -2.07. The molecule has 0 saturated carbocycles. The first kappa shape index (κ1) is 15.0. The minimum atomic E-state index is -3.52. The SMILES string of the molecule is Cc1ccc(S(=O)(=O)CCCS(C)(=O)=O)c(N)c1. The number of sulfone groups is 2. The molecule has 2 N–H and O–H groups in total. The van der Waals surface area contributed by atoms with Gasteiger partial charge in [-0.05, 0) is 31.0 Å². The summed E-state index contributed by atoms with van der Waals surface area (Å²) in [6.07, 6.45) is 1.16. The fraction of sp³-hybridized carbons (Fsp3) is 0.455. The predicted octanol–water partition coefficient (Wildman–Crippen LogP) is 0.786. The van der Waals surface area contributed by atoms with E-state index >= 15 is 0 Å². The summed E-state index contributed by atoms with van der Waals surface area (Å²) in [5.74, 6) is -0.356. The second-order valence-corrected chi connectivity index (χ2v) is 8.68. The summed E-state index contributed by atoms with van der Waals surface area (Å²) in [5.41, 5.74) is 6.75. The number of hydrogen-bond acceptors (Lipinski definition) is 5. The van der Waals surface area contributed by atoms with E-state index in [4.69, 9.17) is 5.73 Å². The quantitative estimate of drug-likeness (QED) is 0.809. The van der Waals surface area contributed by atoms with Gasteiger partial charge in [-0.3, -0.25) is 0 Å². The molecule has 0 fully saturated rings. The van der Waals surface area contributed by atoms with Gasteiger partial charge in [-0.15, -0.1) is 0 Å². The molecule has 7 heteroatoms. The van der Waals surface area contributed by atoms with Crippen LogP contribution in [0.5, 0.6) is 0 Å². The Hall–Kier alpha value is -1.08. The van der Waals surface area contributed by atoms with E-state index < -0.39 is 19.7 Å². The fourth-order valence-corrected chi connectivity index (χ4v) is 3.86. The molecule has 102 valence electrons. The van der Waals surface area contributed by atoms with Crippen LogP contribution in [-0.2, 0) is 19.7 Å². The van der Waals surface area contributed by atoms with E-state index in [1.165, 1.54) is 6.07 Å². The van der Waals surface area contributed by atoms with Crippen LogP contribution in [0.2, 0.25) is 0 Å². The van der Waals surface area contributed by atoms with Gasteiger partial charge in [0.15, 0.2) is 9.84 Å². The molecule has 1 rings (SSSR count). The van der Waals surface area contributed by atoms with Gasteiger partial charge in [-0.2, -0.15) is 0 Å². The molecule has 0 heterocycles. The van der Waals surface area contributed by atoms with Crippen molar-refractivity contribution in [2.24, 2.45) is 0 Å². The summed E-state index contributed by atoms with van der Waals surface area (Å²) in [6, 6.07) is 4.71. The molecule has 0 saturated heterocycles. The number of hydrogen-bond donors (Lipinski definition) is 1. The van der Waals surface area contributed by atoms with Crippen molar-refractivity contribution in [3.05, 3.63) is 23.8 Å². The zero-order valence-electron chi connectivity index (χ0n) is 10.4. The zero-order valence-corrected chi connectivity index (χ0v) is 12.0. The first-order valence-electron chi connectivity index (χ1n) is 5.38. The highest BCUT2D eigenvalue weighted by atomic mass is 32.2. The van der Waals surface area contributed by atoms with Crippen LogP contribution in [0.4, 0.5) is 5.69 Å². The van der Waals surface area contributed by atoms with Gasteiger partial charge in [-0.1, -0.05) is 6.07 Å². The zero-order chi connectivity index (χ0) is 14.0. The van der Waals surface area contributed by atoms with Crippen LogP contribution in [0, 0.1) is 6.92 Å². The van der Waals surface area contributed by atoms with Crippen LogP contribution in [0.15, 0.2) is 23.1 Å². The highest BCUT2D eigenvalue weighted by Gasteiger charge is 2.18. The minimum absolute atomic E-state index is 0.0709. The fourth-order valence-electron chi connectivity index (χ4n) is 1.57. The van der Waals surface area contributed by atoms with Gasteiger partial charge < -0.3 is 5.73 Å². The monoisotopic (exact) mass is 291 g/mol. The number of anilines is 1. The van der Waals surface area contributed by atoms with Crippen molar-refractivity contribution in [3.63, 3.8) is 0 Å². The summed E-state index contributed by atoms with van der Waals surface area (Å²) in [5, 5.41) is 0. The van der Waals surface area contributed by atoms with Gasteiger partial charge in [0.25, 0.3) is 0 Å². The lowest BCUT2D eigenvalue weighted by atomic mass is 10.2. The van der Waals surface area contributed by atoms with E-state index in [1.807, 2.05) is 6.92 Å². The third-order valence-corrected chi connectivity index (χ3v) is 5.33. The van der Waals surface area contributed by atoms with Crippen LogP contribution in [0.25, 0.3) is 0 Å². The first-order valence-corrected chi connectivity index (χ1v) is 9.10. The molecule has 0 amide bonds. The van der Waals surface area contributed by atoms with Gasteiger partial charge in [0.2, 0.25) is 0 Å². The largest absolute Gasteiger partial charge is 0.398 e. The molecule has 1 aromatic rings. The molecular weight excluding hydrogens is 274 g/mol. The Bertz CT molecular complexity index is 633. The van der Waals surface area contributed by atoms with Crippen molar-refractivity contribution in [3.8, 4) is 0 Å². The molecule has 0 aliphatic carbocycles. The van der Waals surface area contributed by atoms with Crippen molar-refractivity contribution in [1.29, 1.82) is 0 Å². The van der Waals surface area contributed by atoms with Crippen molar-refractivity contribution in [2.75, 3.05) is 23.5 Å². The molecule has 18 heavy (non-hydrogen) atoms. The maximum Gasteiger partial charge on any atom is 0.180 e. The molecule has 0 atom stereocenters. The molecule has 0 radical (unpaired) electrons. The Morgan fingerprint density at radius 3 is 2.22 bits per heavy atom. The molecule has 0 aromatic heterocycles. The van der Waals surface area contributed by atoms with Crippen molar-refractivity contribution in [1.82, 2.24) is 0 Å². The Balaban J connectivity index is 2.87. The van der Waals surface area contributed by atoms with E-state index in [2.05, 4.69) is 0 Å². The highest BCUT2D eigenvalue weighted by Crippen LogP contribution is 2.21. The van der Waals surface area contributed by atoms with Crippen LogP contribution >= 0.6 is 0 Å². The summed E-state index contributed by atoms with van der Waals surface area (Å²) in [4.78, 5) is 0.0709. The third kappa shape index (κ3) is 4.30. The van der Waals surface area contributed by atoms with E-state index in [1.54, 1.807) is 12.1 Å². The summed E-state index contributed by atoms with van der Waals surface area (Å²) in [7, 11) is -6.66. The van der Waals surface area contributed by atoms with Crippen LogP contribution in [0.1, 0.15) is 12.0 Å². The molecule has 0 bridgehead atoms. The van der Waals surface area contributed by atoms with Gasteiger partial charge in [0, 0.05) is 6.26 Å². The second kappa shape index (κ2) is 5.27. The topological polar surface area (TPSA) is 94.3 Å². The second-order valence-electron chi connectivity index (χ2n) is 4.34. The van der Waals surface area contributed by atoms with Crippen LogP contribution in [0.3, 0.4) is 0 Å². The van der Waals surface area contributed by atoms with Gasteiger partial charge in [0.1, 0.15) is 9.84 Å². The van der Waals surface area contributed by atoms with Crippen LogP contribution < -0.4 is 5.73 Å². The highest BCUT2D eigenvalue weighted by molar-refractivity contribution is 7.92. The maximum absolute atomic E-state index is 12.0. The molecule has 0 unspecified atom stereocenters. The lowest BCUT2D eigenvalue weighted by Crippen LogP contribution is -2.13. The first-order chi connectivity index (χ1) is 8.12.